The Balaban J connectivity index is 2.52. The quantitative estimate of drug-likeness (QED) is 0.524. The highest BCUT2D eigenvalue weighted by atomic mass is 32.2. The zero-order chi connectivity index (χ0) is 15.2. The van der Waals surface area contributed by atoms with Crippen molar-refractivity contribution in [3.63, 3.8) is 0 Å². The lowest BCUT2D eigenvalue weighted by Gasteiger charge is -2.10. The first kappa shape index (κ1) is 15.4. The van der Waals surface area contributed by atoms with Crippen molar-refractivity contribution in [2.45, 2.75) is 4.90 Å². The number of hydrogen-bond acceptors (Lipinski definition) is 3. The topological polar surface area (TPSA) is 54.4 Å². The number of aliphatic hydroxyl groups is 1. The van der Waals surface area contributed by atoms with Crippen molar-refractivity contribution in [3.05, 3.63) is 65.7 Å². The fourth-order valence-electron chi connectivity index (χ4n) is 2.11. The van der Waals surface area contributed by atoms with Crippen LogP contribution in [0.5, 0.6) is 0 Å². The van der Waals surface area contributed by atoms with Crippen LogP contribution in [-0.4, -0.2) is 28.5 Å². The molecule has 108 valence electrons. The van der Waals surface area contributed by atoms with Gasteiger partial charge in [-0.25, -0.2) is 0 Å². The lowest BCUT2D eigenvalue weighted by molar-refractivity contribution is -0.103. The SMILES string of the molecule is CS(=O)c1ccc(/C(CO)=C(/C=O)c2ccccc2)cc1. The zero-order valence-corrected chi connectivity index (χ0v) is 12.5. The Morgan fingerprint density at radius 3 is 2.14 bits per heavy atom. The van der Waals surface area contributed by atoms with Crippen LogP contribution in [0, 0.1) is 0 Å². The number of aliphatic hydroxyl groups excluding tert-OH is 1. The molecule has 0 aliphatic heterocycles. The first-order valence-corrected chi connectivity index (χ1v) is 8.01. The van der Waals surface area contributed by atoms with Crippen molar-refractivity contribution < 1.29 is 14.1 Å². The molecule has 0 aliphatic carbocycles. The molecule has 0 heterocycles. The molecule has 0 aromatic heterocycles. The van der Waals surface area contributed by atoms with Gasteiger partial charge in [0.1, 0.15) is 0 Å². The molecule has 0 spiro atoms. The number of carbonyl (C=O) groups is 1. The minimum absolute atomic E-state index is 0.239. The molecular weight excluding hydrogens is 284 g/mol. The molecule has 1 N–H and O–H groups in total. The summed E-state index contributed by atoms with van der Waals surface area (Å²) in [7, 11) is -1.05. The molecule has 0 bridgehead atoms. The third-order valence-electron chi connectivity index (χ3n) is 3.22. The van der Waals surface area contributed by atoms with E-state index >= 15 is 0 Å². The number of aldehydes is 1. The first-order chi connectivity index (χ1) is 10.2. The Morgan fingerprint density at radius 2 is 1.67 bits per heavy atom. The third kappa shape index (κ3) is 3.54. The summed E-state index contributed by atoms with van der Waals surface area (Å²) in [5.74, 6) is 0. The van der Waals surface area contributed by atoms with E-state index in [0.717, 1.165) is 17.4 Å². The second-order valence-corrected chi connectivity index (χ2v) is 5.89. The molecule has 0 amide bonds. The van der Waals surface area contributed by atoms with E-state index in [-0.39, 0.29) is 6.61 Å². The monoisotopic (exact) mass is 300 g/mol. The Hall–Kier alpha value is -2.04. The van der Waals surface area contributed by atoms with Crippen LogP contribution < -0.4 is 0 Å². The molecule has 0 saturated heterocycles. The predicted octanol–water partition coefficient (Wildman–Crippen LogP) is 2.53. The second kappa shape index (κ2) is 7.11. The lowest BCUT2D eigenvalue weighted by atomic mass is 9.96. The molecule has 1 atom stereocenters. The van der Waals surface area contributed by atoms with Gasteiger partial charge in [0.05, 0.1) is 6.61 Å². The minimum atomic E-state index is -1.05. The molecule has 21 heavy (non-hydrogen) atoms. The van der Waals surface area contributed by atoms with Crippen LogP contribution >= 0.6 is 0 Å². The Labute approximate surface area is 126 Å². The van der Waals surface area contributed by atoms with Crippen molar-refractivity contribution in [2.24, 2.45) is 0 Å². The Morgan fingerprint density at radius 1 is 1.05 bits per heavy atom. The molecule has 0 aliphatic rings. The van der Waals surface area contributed by atoms with E-state index < -0.39 is 10.8 Å². The molecule has 2 rings (SSSR count). The van der Waals surface area contributed by atoms with E-state index in [2.05, 4.69) is 0 Å². The van der Waals surface area contributed by atoms with Gasteiger partial charge < -0.3 is 5.11 Å². The molecule has 3 nitrogen and oxygen atoms in total. The first-order valence-electron chi connectivity index (χ1n) is 6.46. The average molecular weight is 300 g/mol. The summed E-state index contributed by atoms with van der Waals surface area (Å²) in [4.78, 5) is 12.1. The summed E-state index contributed by atoms with van der Waals surface area (Å²) in [6.07, 6.45) is 2.37. The fourth-order valence-corrected chi connectivity index (χ4v) is 2.63. The second-order valence-electron chi connectivity index (χ2n) is 4.51. The Kier molecular flexibility index (Phi) is 5.20. The molecule has 0 fully saturated rings. The molecule has 1 unspecified atom stereocenters. The van der Waals surface area contributed by atoms with Gasteiger partial charge in [-0.1, -0.05) is 42.5 Å². The van der Waals surface area contributed by atoms with Gasteiger partial charge in [0, 0.05) is 27.5 Å². The van der Waals surface area contributed by atoms with Crippen molar-refractivity contribution in [1.29, 1.82) is 0 Å². The molecule has 2 aromatic carbocycles. The van der Waals surface area contributed by atoms with Crippen LogP contribution in [0.15, 0.2) is 59.5 Å². The molecule has 0 saturated carbocycles. The minimum Gasteiger partial charge on any atom is -0.392 e. The van der Waals surface area contributed by atoms with Gasteiger partial charge in [-0.15, -0.1) is 0 Å². The van der Waals surface area contributed by atoms with Crippen LogP contribution in [0.1, 0.15) is 11.1 Å². The predicted molar refractivity (Wildman–Crippen MR) is 85.2 cm³/mol. The van der Waals surface area contributed by atoms with Gasteiger partial charge in [-0.3, -0.25) is 9.00 Å². The van der Waals surface area contributed by atoms with Crippen molar-refractivity contribution in [1.82, 2.24) is 0 Å². The van der Waals surface area contributed by atoms with Crippen molar-refractivity contribution in [2.75, 3.05) is 12.9 Å². The molecule has 0 radical (unpaired) electrons. The normalized spacial score (nSPS) is 13.4. The summed E-state index contributed by atoms with van der Waals surface area (Å²) in [6.45, 7) is -0.239. The van der Waals surface area contributed by atoms with Crippen LogP contribution in [0.4, 0.5) is 0 Å². The highest BCUT2D eigenvalue weighted by Crippen LogP contribution is 2.25. The number of allylic oxidation sites excluding steroid dienone is 1. The molecular formula is C17H16O3S. The van der Waals surface area contributed by atoms with Crippen molar-refractivity contribution in [3.8, 4) is 0 Å². The Bertz CT molecular complexity index is 673. The number of carbonyl (C=O) groups excluding carboxylic acids is 1. The number of rotatable bonds is 5. The van der Waals surface area contributed by atoms with E-state index in [1.165, 1.54) is 0 Å². The van der Waals surface area contributed by atoms with Crippen LogP contribution in [0.3, 0.4) is 0 Å². The maximum Gasteiger partial charge on any atom is 0.151 e. The summed E-state index contributed by atoms with van der Waals surface area (Å²) >= 11 is 0. The summed E-state index contributed by atoms with van der Waals surface area (Å²) in [5, 5.41) is 9.64. The van der Waals surface area contributed by atoms with Gasteiger partial charge in [0.25, 0.3) is 0 Å². The van der Waals surface area contributed by atoms with Gasteiger partial charge in [-0.2, -0.15) is 0 Å². The zero-order valence-electron chi connectivity index (χ0n) is 11.7. The number of benzene rings is 2. The van der Waals surface area contributed by atoms with E-state index in [1.807, 2.05) is 30.3 Å². The molecule has 2 aromatic rings. The van der Waals surface area contributed by atoms with Crippen LogP contribution in [0.2, 0.25) is 0 Å². The highest BCUT2D eigenvalue weighted by Gasteiger charge is 2.10. The standard InChI is InChI=1S/C17H16O3S/c1-21(20)15-9-7-14(8-10-15)17(12-19)16(11-18)13-5-3-2-4-6-13/h2-11,19H,12H2,1H3/b17-16-. The smallest absolute Gasteiger partial charge is 0.151 e. The summed E-state index contributed by atoms with van der Waals surface area (Å²) < 4.78 is 11.4. The van der Waals surface area contributed by atoms with E-state index in [4.69, 9.17) is 0 Å². The maximum atomic E-state index is 11.4. The van der Waals surface area contributed by atoms with E-state index in [9.17, 15) is 14.1 Å². The largest absolute Gasteiger partial charge is 0.392 e. The highest BCUT2D eigenvalue weighted by molar-refractivity contribution is 7.84. The third-order valence-corrected chi connectivity index (χ3v) is 4.16. The maximum absolute atomic E-state index is 11.4. The van der Waals surface area contributed by atoms with Gasteiger partial charge in [0.2, 0.25) is 0 Å². The summed E-state index contributed by atoms with van der Waals surface area (Å²) in [6, 6.07) is 16.3. The summed E-state index contributed by atoms with van der Waals surface area (Å²) in [5.41, 5.74) is 2.53. The molecule has 4 heteroatoms. The van der Waals surface area contributed by atoms with E-state index in [1.54, 1.807) is 30.5 Å². The van der Waals surface area contributed by atoms with Gasteiger partial charge in [0.15, 0.2) is 6.29 Å². The average Bonchev–Trinajstić information content (AvgIpc) is 2.53. The van der Waals surface area contributed by atoms with Crippen LogP contribution in [-0.2, 0) is 15.6 Å². The number of hydrogen-bond donors (Lipinski definition) is 1. The van der Waals surface area contributed by atoms with E-state index in [0.29, 0.717) is 16.0 Å². The van der Waals surface area contributed by atoms with Gasteiger partial charge >= 0.3 is 0 Å². The lowest BCUT2D eigenvalue weighted by Crippen LogP contribution is -1.99. The van der Waals surface area contributed by atoms with Gasteiger partial charge in [-0.05, 0) is 28.8 Å². The fraction of sp³-hybridized carbons (Fsp3) is 0.118. The van der Waals surface area contributed by atoms with Crippen molar-refractivity contribution >= 4 is 28.2 Å². The van der Waals surface area contributed by atoms with Crippen LogP contribution in [0.25, 0.3) is 11.1 Å².